The molecule has 3 heterocycles. The normalized spacial score (nSPS) is 18.6. The number of benzene rings is 2. The number of hydrogen-bond donors (Lipinski definition) is 1. The molecule has 2 aromatic carbocycles. The van der Waals surface area contributed by atoms with Crippen LogP contribution in [0.25, 0.3) is 0 Å². The van der Waals surface area contributed by atoms with Gasteiger partial charge in [0.05, 0.1) is 22.5 Å². The Morgan fingerprint density at radius 1 is 1.09 bits per heavy atom. The first-order valence-electron chi connectivity index (χ1n) is 11.4. The lowest BCUT2D eigenvalue weighted by Crippen LogP contribution is -2.53. The Kier molecular flexibility index (Phi) is 6.12. The minimum Gasteiger partial charge on any atom is -0.353 e. The zero-order valence-electron chi connectivity index (χ0n) is 19.2. The molecule has 0 radical (unpaired) electrons. The molecule has 0 unspecified atom stereocenters. The minimum absolute atomic E-state index is 0.223. The number of likely N-dealkylation sites (N-methyl/N-ethyl adjacent to an activating group) is 1. The number of halogens is 3. The summed E-state index contributed by atoms with van der Waals surface area (Å²) in [5, 5.41) is 4.65. The van der Waals surface area contributed by atoms with Gasteiger partial charge in [-0.1, -0.05) is 30.3 Å². The van der Waals surface area contributed by atoms with Gasteiger partial charge in [-0.2, -0.15) is 13.2 Å². The van der Waals surface area contributed by atoms with Crippen molar-refractivity contribution < 1.29 is 13.2 Å². The van der Waals surface area contributed by atoms with Crippen molar-refractivity contribution in [2.45, 2.75) is 32.0 Å². The predicted molar refractivity (Wildman–Crippen MR) is 133 cm³/mol. The summed E-state index contributed by atoms with van der Waals surface area (Å²) in [6.07, 6.45) is -2.93. The topological polar surface area (TPSA) is 30.9 Å². The van der Waals surface area contributed by atoms with Crippen LogP contribution in [0.4, 0.5) is 29.5 Å². The second-order valence-corrected chi connectivity index (χ2v) is 10.3. The van der Waals surface area contributed by atoms with Crippen molar-refractivity contribution in [3.63, 3.8) is 0 Å². The molecular formula is C26H27F3N4S. The van der Waals surface area contributed by atoms with E-state index in [-0.39, 0.29) is 6.04 Å². The maximum Gasteiger partial charge on any atom is 0.416 e. The lowest BCUT2D eigenvalue weighted by atomic mass is 10.00. The summed E-state index contributed by atoms with van der Waals surface area (Å²) in [5.41, 5.74) is 3.16. The van der Waals surface area contributed by atoms with Crippen LogP contribution in [0.3, 0.4) is 0 Å². The molecule has 8 heteroatoms. The Bertz CT molecular complexity index is 1220. The summed E-state index contributed by atoms with van der Waals surface area (Å²) in [6, 6.07) is 16.2. The highest BCUT2D eigenvalue weighted by Crippen LogP contribution is 2.39. The molecule has 0 spiro atoms. The quantitative estimate of drug-likeness (QED) is 0.463. The van der Waals surface area contributed by atoms with Crippen LogP contribution >= 0.6 is 11.3 Å². The molecule has 1 N–H and O–H groups in total. The van der Waals surface area contributed by atoms with Crippen molar-refractivity contribution in [2.75, 3.05) is 32.0 Å². The van der Waals surface area contributed by atoms with Gasteiger partial charge in [-0.05, 0) is 56.6 Å². The van der Waals surface area contributed by atoms with Crippen LogP contribution in [0.15, 0.2) is 59.6 Å². The largest absolute Gasteiger partial charge is 0.416 e. The van der Waals surface area contributed by atoms with E-state index in [4.69, 9.17) is 4.99 Å². The molecule has 0 saturated carbocycles. The number of fused-ring (bicyclic) bond motifs is 2. The molecule has 1 atom stereocenters. The molecule has 178 valence electrons. The first-order valence-corrected chi connectivity index (χ1v) is 12.3. The minimum atomic E-state index is -4.31. The van der Waals surface area contributed by atoms with Gasteiger partial charge in [0.15, 0.2) is 0 Å². The number of nitrogens with zero attached hydrogens (tertiary/aromatic N) is 3. The summed E-state index contributed by atoms with van der Waals surface area (Å²) in [7, 11) is 2.10. The van der Waals surface area contributed by atoms with E-state index < -0.39 is 11.7 Å². The third-order valence-electron chi connectivity index (χ3n) is 6.57. The molecule has 2 aliphatic rings. The van der Waals surface area contributed by atoms with Gasteiger partial charge in [0.2, 0.25) is 0 Å². The molecule has 1 fully saturated rings. The van der Waals surface area contributed by atoms with Crippen molar-refractivity contribution in [3.8, 4) is 0 Å². The average molecular weight is 485 g/mol. The predicted octanol–water partition coefficient (Wildman–Crippen LogP) is 6.46. The van der Waals surface area contributed by atoms with Crippen molar-refractivity contribution in [2.24, 2.45) is 4.99 Å². The fourth-order valence-electron chi connectivity index (χ4n) is 4.67. The molecule has 34 heavy (non-hydrogen) atoms. The van der Waals surface area contributed by atoms with E-state index >= 15 is 0 Å². The zero-order valence-corrected chi connectivity index (χ0v) is 20.0. The van der Waals surface area contributed by atoms with Crippen molar-refractivity contribution in [1.82, 2.24) is 9.80 Å². The van der Waals surface area contributed by atoms with Crippen LogP contribution in [0.1, 0.15) is 28.0 Å². The molecule has 3 aromatic rings. The third-order valence-corrected chi connectivity index (χ3v) is 7.54. The van der Waals surface area contributed by atoms with E-state index in [0.717, 1.165) is 65.5 Å². The highest BCUT2D eigenvalue weighted by atomic mass is 32.1. The second kappa shape index (κ2) is 9.07. The number of aryl methyl sites for hydroxylation is 2. The average Bonchev–Trinajstić information content (AvgIpc) is 3.10. The Hall–Kier alpha value is -2.84. The van der Waals surface area contributed by atoms with Gasteiger partial charge in [0, 0.05) is 30.6 Å². The van der Waals surface area contributed by atoms with Gasteiger partial charge in [-0.3, -0.25) is 4.90 Å². The van der Waals surface area contributed by atoms with E-state index in [9.17, 15) is 13.2 Å². The fraction of sp³-hybridized carbons (Fsp3) is 0.346. The second-order valence-electron chi connectivity index (χ2n) is 8.99. The number of alkyl halides is 3. The number of para-hydroxylation sites is 2. The standard InChI is InChI=1S/C26H27F3N4S/c1-17-14-21-24(30-22-8-3-4-9-23(22)31-25(21)34-17)33-13-12-32(2)20(16-33)11-10-18-6-5-7-19(15-18)26(27,28)29/h3-9,14-15,20,31H,10-13,16H2,1-2H3/t20-/m0/s1. The lowest BCUT2D eigenvalue weighted by Gasteiger charge is -2.41. The van der Waals surface area contributed by atoms with Gasteiger partial charge >= 0.3 is 6.18 Å². The molecule has 0 amide bonds. The maximum absolute atomic E-state index is 13.1. The fourth-order valence-corrected chi connectivity index (χ4v) is 5.59. The number of anilines is 2. The maximum atomic E-state index is 13.1. The number of piperazine rings is 1. The summed E-state index contributed by atoms with van der Waals surface area (Å²) < 4.78 is 39.3. The SMILES string of the molecule is Cc1cc2c(s1)Nc1ccccc1N=C2N1CCN(C)[C@@H](CCc2cccc(C(F)(F)F)c2)C1. The highest BCUT2D eigenvalue weighted by molar-refractivity contribution is 7.16. The van der Waals surface area contributed by atoms with Crippen LogP contribution in [-0.4, -0.2) is 48.4 Å². The van der Waals surface area contributed by atoms with Crippen molar-refractivity contribution >= 4 is 33.5 Å². The zero-order chi connectivity index (χ0) is 23.9. The van der Waals surface area contributed by atoms with Crippen molar-refractivity contribution in [3.05, 3.63) is 76.2 Å². The van der Waals surface area contributed by atoms with Crippen LogP contribution in [-0.2, 0) is 12.6 Å². The molecule has 0 aliphatic carbocycles. The molecular weight excluding hydrogens is 457 g/mol. The van der Waals surface area contributed by atoms with Crippen molar-refractivity contribution in [1.29, 1.82) is 0 Å². The van der Waals surface area contributed by atoms with Crippen LogP contribution in [0, 0.1) is 6.92 Å². The Labute approximate surface area is 201 Å². The Morgan fingerprint density at radius 3 is 2.74 bits per heavy atom. The summed E-state index contributed by atoms with van der Waals surface area (Å²) in [5.74, 6) is 0.967. The highest BCUT2D eigenvalue weighted by Gasteiger charge is 2.32. The van der Waals surface area contributed by atoms with Gasteiger partial charge in [-0.25, -0.2) is 4.99 Å². The number of nitrogens with one attached hydrogen (secondary N) is 1. The Morgan fingerprint density at radius 2 is 1.91 bits per heavy atom. The van der Waals surface area contributed by atoms with Gasteiger partial charge in [0.25, 0.3) is 0 Å². The van der Waals surface area contributed by atoms with Gasteiger partial charge in [-0.15, -0.1) is 11.3 Å². The molecule has 1 saturated heterocycles. The van der Waals surface area contributed by atoms with Gasteiger partial charge in [0.1, 0.15) is 10.8 Å². The molecule has 0 bridgehead atoms. The number of hydrogen-bond acceptors (Lipinski definition) is 5. The van der Waals surface area contributed by atoms with Crippen LogP contribution in [0.2, 0.25) is 0 Å². The molecule has 1 aromatic heterocycles. The molecule has 2 aliphatic heterocycles. The van der Waals surface area contributed by atoms with E-state index in [1.807, 2.05) is 24.3 Å². The number of amidine groups is 1. The third kappa shape index (κ3) is 4.70. The lowest BCUT2D eigenvalue weighted by molar-refractivity contribution is -0.137. The van der Waals surface area contributed by atoms with E-state index in [1.165, 1.54) is 17.0 Å². The summed E-state index contributed by atoms with van der Waals surface area (Å²) in [6.45, 7) is 4.61. The van der Waals surface area contributed by atoms with E-state index in [2.05, 4.69) is 35.2 Å². The number of aliphatic imine (C=N–C) groups is 1. The smallest absolute Gasteiger partial charge is 0.353 e. The first kappa shape index (κ1) is 22.9. The number of rotatable bonds is 3. The van der Waals surface area contributed by atoms with Gasteiger partial charge < -0.3 is 10.2 Å². The summed E-state index contributed by atoms with van der Waals surface area (Å²) >= 11 is 1.73. The monoisotopic (exact) mass is 484 g/mol. The van der Waals surface area contributed by atoms with E-state index in [0.29, 0.717) is 6.42 Å². The Balaban J connectivity index is 1.38. The molecule has 4 nitrogen and oxygen atoms in total. The van der Waals surface area contributed by atoms with Crippen LogP contribution < -0.4 is 5.32 Å². The van der Waals surface area contributed by atoms with E-state index in [1.54, 1.807) is 17.4 Å². The summed E-state index contributed by atoms with van der Waals surface area (Å²) in [4.78, 5) is 11.0. The van der Waals surface area contributed by atoms with Crippen LogP contribution in [0.5, 0.6) is 0 Å². The molecule has 5 rings (SSSR count). The first-order chi connectivity index (χ1) is 16.3. The number of thiophene rings is 1.